The predicted molar refractivity (Wildman–Crippen MR) is 131 cm³/mol. The van der Waals surface area contributed by atoms with E-state index in [0.29, 0.717) is 17.8 Å². The molecule has 7 nitrogen and oxygen atoms in total. The number of hydrogen-bond donors (Lipinski definition) is 1. The molecule has 0 bridgehead atoms. The summed E-state index contributed by atoms with van der Waals surface area (Å²) in [6, 6.07) is 14.9. The molecule has 0 fully saturated rings. The van der Waals surface area contributed by atoms with Crippen LogP contribution in [0.1, 0.15) is 41.5 Å². The molecule has 4 heterocycles. The fourth-order valence-corrected chi connectivity index (χ4v) is 4.68. The van der Waals surface area contributed by atoms with Crippen LogP contribution in [0.5, 0.6) is 0 Å². The summed E-state index contributed by atoms with van der Waals surface area (Å²) in [6.45, 7) is 2.81. The first-order chi connectivity index (χ1) is 16.1. The SMILES string of the molecule is CCCCc1nc2cccnc2n1Cc1ccn2c(Br)c(-c3ccccc3C(=O)O)nc2c1. The van der Waals surface area contributed by atoms with Gasteiger partial charge >= 0.3 is 5.97 Å². The van der Waals surface area contributed by atoms with E-state index >= 15 is 0 Å². The van der Waals surface area contributed by atoms with Gasteiger partial charge in [-0.05, 0) is 58.2 Å². The third-order valence-electron chi connectivity index (χ3n) is 5.72. The number of carbonyl (C=O) groups is 1. The molecule has 5 aromatic rings. The summed E-state index contributed by atoms with van der Waals surface area (Å²) in [5.41, 5.74) is 4.99. The molecule has 0 aliphatic heterocycles. The number of benzene rings is 1. The summed E-state index contributed by atoms with van der Waals surface area (Å²) < 4.78 is 4.81. The lowest BCUT2D eigenvalue weighted by Crippen LogP contribution is -2.06. The van der Waals surface area contributed by atoms with Crippen LogP contribution < -0.4 is 0 Å². The standard InChI is InChI=1S/C25H22BrN5O2/c1-2-3-10-20-28-19-9-6-12-27-24(19)31(20)15-16-11-13-30-21(14-16)29-22(23(30)26)17-7-4-5-8-18(17)25(32)33/h4-9,11-14H,2-3,10,15H2,1H3,(H,32,33). The number of hydrogen-bond acceptors (Lipinski definition) is 4. The maximum atomic E-state index is 11.7. The lowest BCUT2D eigenvalue weighted by Gasteiger charge is -2.09. The van der Waals surface area contributed by atoms with E-state index in [1.54, 1.807) is 24.4 Å². The zero-order valence-electron chi connectivity index (χ0n) is 18.1. The van der Waals surface area contributed by atoms with Crippen LogP contribution in [0.4, 0.5) is 0 Å². The Morgan fingerprint density at radius 3 is 2.79 bits per heavy atom. The van der Waals surface area contributed by atoms with Crippen molar-refractivity contribution in [3.8, 4) is 11.3 Å². The summed E-state index contributed by atoms with van der Waals surface area (Å²) in [6.07, 6.45) is 6.82. The summed E-state index contributed by atoms with van der Waals surface area (Å²) in [5.74, 6) is 0.0559. The average molecular weight is 504 g/mol. The molecule has 0 atom stereocenters. The number of imidazole rings is 2. The van der Waals surface area contributed by atoms with Gasteiger partial charge in [0.1, 0.15) is 27.3 Å². The Kier molecular flexibility index (Phi) is 5.68. The van der Waals surface area contributed by atoms with Crippen LogP contribution in [0.2, 0.25) is 0 Å². The Hall–Kier alpha value is -3.52. The van der Waals surface area contributed by atoms with E-state index in [2.05, 4.69) is 32.4 Å². The van der Waals surface area contributed by atoms with Gasteiger partial charge in [-0.25, -0.2) is 19.7 Å². The minimum absolute atomic E-state index is 0.221. The van der Waals surface area contributed by atoms with E-state index in [1.165, 1.54) is 0 Å². The first kappa shape index (κ1) is 21.3. The minimum Gasteiger partial charge on any atom is -0.478 e. The first-order valence-corrected chi connectivity index (χ1v) is 11.7. The van der Waals surface area contributed by atoms with Gasteiger partial charge in [-0.2, -0.15) is 0 Å². The zero-order valence-corrected chi connectivity index (χ0v) is 19.7. The van der Waals surface area contributed by atoms with Crippen molar-refractivity contribution >= 4 is 38.7 Å². The molecule has 5 rings (SSSR count). The van der Waals surface area contributed by atoms with Crippen LogP contribution in [0.25, 0.3) is 28.1 Å². The normalized spacial score (nSPS) is 11.5. The molecule has 0 amide bonds. The molecule has 4 aromatic heterocycles. The molecule has 166 valence electrons. The maximum Gasteiger partial charge on any atom is 0.336 e. The van der Waals surface area contributed by atoms with E-state index in [0.717, 1.165) is 52.1 Å². The first-order valence-electron chi connectivity index (χ1n) is 10.9. The van der Waals surface area contributed by atoms with Gasteiger partial charge in [0.25, 0.3) is 0 Å². The van der Waals surface area contributed by atoms with E-state index in [4.69, 9.17) is 9.97 Å². The molecule has 0 spiro atoms. The molecule has 0 saturated carbocycles. The number of aromatic nitrogens is 5. The average Bonchev–Trinajstić information content (AvgIpc) is 3.34. The Morgan fingerprint density at radius 2 is 1.97 bits per heavy atom. The summed E-state index contributed by atoms with van der Waals surface area (Å²) in [4.78, 5) is 25.8. The van der Waals surface area contributed by atoms with E-state index < -0.39 is 5.97 Å². The van der Waals surface area contributed by atoms with Gasteiger partial charge in [0.2, 0.25) is 0 Å². The quantitative estimate of drug-likeness (QED) is 0.312. The highest BCUT2D eigenvalue weighted by Gasteiger charge is 2.19. The number of fused-ring (bicyclic) bond motifs is 2. The highest BCUT2D eigenvalue weighted by Crippen LogP contribution is 2.31. The smallest absolute Gasteiger partial charge is 0.336 e. The van der Waals surface area contributed by atoms with Gasteiger partial charge in [0.05, 0.1) is 12.1 Å². The third-order valence-corrected chi connectivity index (χ3v) is 6.48. The number of halogens is 1. The minimum atomic E-state index is -0.977. The molecular formula is C25H22BrN5O2. The number of aromatic carboxylic acids is 1. The molecule has 33 heavy (non-hydrogen) atoms. The van der Waals surface area contributed by atoms with Gasteiger partial charge in [0.15, 0.2) is 5.65 Å². The molecular weight excluding hydrogens is 482 g/mol. The van der Waals surface area contributed by atoms with Crippen LogP contribution in [-0.2, 0) is 13.0 Å². The van der Waals surface area contributed by atoms with E-state index in [9.17, 15) is 9.90 Å². The monoisotopic (exact) mass is 503 g/mol. The number of nitrogens with zero attached hydrogens (tertiary/aromatic N) is 5. The molecule has 0 aliphatic rings. The van der Waals surface area contributed by atoms with Crippen molar-refractivity contribution in [1.29, 1.82) is 0 Å². The fourth-order valence-electron chi connectivity index (χ4n) is 4.08. The van der Waals surface area contributed by atoms with Gasteiger partial charge in [-0.15, -0.1) is 0 Å². The van der Waals surface area contributed by atoms with Crippen molar-refractivity contribution in [2.24, 2.45) is 0 Å². The van der Waals surface area contributed by atoms with Crippen molar-refractivity contribution < 1.29 is 9.90 Å². The largest absolute Gasteiger partial charge is 0.478 e. The Bertz CT molecular complexity index is 1490. The number of rotatable bonds is 7. The Labute approximate surface area is 198 Å². The number of pyridine rings is 2. The van der Waals surface area contributed by atoms with Crippen molar-refractivity contribution in [2.75, 3.05) is 0 Å². The van der Waals surface area contributed by atoms with Crippen molar-refractivity contribution in [1.82, 2.24) is 23.9 Å². The van der Waals surface area contributed by atoms with E-state index in [-0.39, 0.29) is 5.56 Å². The Balaban J connectivity index is 1.56. The summed E-state index contributed by atoms with van der Waals surface area (Å²) >= 11 is 3.61. The zero-order chi connectivity index (χ0) is 22.9. The van der Waals surface area contributed by atoms with Crippen LogP contribution in [-0.4, -0.2) is 35.0 Å². The summed E-state index contributed by atoms with van der Waals surface area (Å²) in [7, 11) is 0. The highest BCUT2D eigenvalue weighted by atomic mass is 79.9. The lowest BCUT2D eigenvalue weighted by molar-refractivity contribution is 0.0697. The number of carboxylic acids is 1. The highest BCUT2D eigenvalue weighted by molar-refractivity contribution is 9.10. The van der Waals surface area contributed by atoms with Crippen molar-refractivity contribution in [3.05, 3.63) is 82.5 Å². The second kappa shape index (κ2) is 8.78. The Morgan fingerprint density at radius 1 is 1.12 bits per heavy atom. The number of aryl methyl sites for hydroxylation is 1. The summed E-state index contributed by atoms with van der Waals surface area (Å²) in [5, 5.41) is 9.59. The lowest BCUT2D eigenvalue weighted by atomic mass is 10.1. The second-order valence-corrected chi connectivity index (χ2v) is 8.68. The van der Waals surface area contributed by atoms with Crippen LogP contribution >= 0.6 is 15.9 Å². The molecule has 1 N–H and O–H groups in total. The van der Waals surface area contributed by atoms with E-state index in [1.807, 2.05) is 40.9 Å². The van der Waals surface area contributed by atoms with Crippen molar-refractivity contribution in [2.45, 2.75) is 32.7 Å². The molecule has 1 aromatic carbocycles. The van der Waals surface area contributed by atoms with Crippen LogP contribution in [0.3, 0.4) is 0 Å². The second-order valence-electron chi connectivity index (χ2n) is 7.93. The third kappa shape index (κ3) is 3.91. The van der Waals surface area contributed by atoms with Crippen LogP contribution in [0, 0.1) is 0 Å². The van der Waals surface area contributed by atoms with Gasteiger partial charge < -0.3 is 9.67 Å². The van der Waals surface area contributed by atoms with Gasteiger partial charge in [0, 0.05) is 24.4 Å². The maximum absolute atomic E-state index is 11.7. The molecule has 0 unspecified atom stereocenters. The molecule has 0 radical (unpaired) electrons. The van der Waals surface area contributed by atoms with Gasteiger partial charge in [-0.3, -0.25) is 4.40 Å². The van der Waals surface area contributed by atoms with Crippen molar-refractivity contribution in [3.63, 3.8) is 0 Å². The van der Waals surface area contributed by atoms with Gasteiger partial charge in [-0.1, -0.05) is 31.5 Å². The molecule has 0 saturated heterocycles. The van der Waals surface area contributed by atoms with Crippen LogP contribution in [0.15, 0.2) is 65.5 Å². The predicted octanol–water partition coefficient (Wildman–Crippen LogP) is 5.60. The molecule has 0 aliphatic carbocycles. The number of unbranched alkanes of at least 4 members (excludes halogenated alkanes) is 1. The fraction of sp³-hybridized carbons (Fsp3) is 0.200. The molecule has 8 heteroatoms. The topological polar surface area (TPSA) is 85.3 Å². The number of carboxylic acid groups (broad SMARTS) is 1.